The van der Waals surface area contributed by atoms with Gasteiger partial charge in [0.1, 0.15) is 6.54 Å². The minimum Gasteiger partial charge on any atom is -0.469 e. The van der Waals surface area contributed by atoms with Crippen LogP contribution >= 0.6 is 0 Å². The topological polar surface area (TPSA) is 158 Å². The van der Waals surface area contributed by atoms with Crippen LogP contribution < -0.4 is 4.90 Å². The van der Waals surface area contributed by atoms with Crippen LogP contribution in [0.1, 0.15) is 57.9 Å². The van der Waals surface area contributed by atoms with E-state index in [9.17, 15) is 35.5 Å². The molecular weight excluding hydrogens is 657 g/mol. The minimum absolute atomic E-state index is 0.107. The third-order valence-electron chi connectivity index (χ3n) is 8.51. The van der Waals surface area contributed by atoms with E-state index in [0.29, 0.717) is 36.8 Å². The number of unbranched alkanes of at least 4 members (excludes halogenated alkanes) is 2. The molecule has 0 bridgehead atoms. The van der Waals surface area contributed by atoms with Crippen molar-refractivity contribution < 1.29 is 44.8 Å². The molecule has 1 aliphatic rings. The number of anilines is 1. The molecule has 0 aromatic heterocycles. The molecule has 1 unspecified atom stereocenters. The first-order valence-corrected chi connectivity index (χ1v) is 18.6. The third-order valence-corrected chi connectivity index (χ3v) is 10.2. The SMILES string of the molecule is COC(=O)CCCCCC1(C)C(/C=C/C=C/N(C(C)=O)c2ccccc2)=[N+](CCCS(=O)(=O)O)c2ccc3ccc(S(=O)(=O)O)cc3c21. The van der Waals surface area contributed by atoms with E-state index in [2.05, 4.69) is 0 Å². The number of amides is 1. The predicted molar refractivity (Wildman–Crippen MR) is 185 cm³/mol. The number of allylic oxidation sites excluding steroid dienone is 3. The fourth-order valence-corrected chi connectivity index (χ4v) is 7.25. The minimum atomic E-state index is -4.51. The van der Waals surface area contributed by atoms with Crippen LogP contribution in [0.4, 0.5) is 11.4 Å². The number of carbonyl (C=O) groups excluding carboxylic acids is 2. The zero-order valence-corrected chi connectivity index (χ0v) is 28.8. The molecule has 256 valence electrons. The van der Waals surface area contributed by atoms with Crippen molar-refractivity contribution in [1.82, 2.24) is 0 Å². The number of rotatable bonds is 15. The Morgan fingerprint density at radius 3 is 2.29 bits per heavy atom. The number of fused-ring (bicyclic) bond motifs is 3. The second-order valence-corrected chi connectivity index (χ2v) is 14.9. The fraction of sp³-hybridized carbons (Fsp3) is 0.343. The average molecular weight is 698 g/mol. The summed E-state index contributed by atoms with van der Waals surface area (Å²) in [6, 6.07) is 17.3. The van der Waals surface area contributed by atoms with Crippen molar-refractivity contribution in [3.8, 4) is 0 Å². The van der Waals surface area contributed by atoms with Crippen LogP contribution in [-0.4, -0.2) is 67.5 Å². The highest BCUT2D eigenvalue weighted by Gasteiger charge is 2.48. The van der Waals surface area contributed by atoms with Crippen LogP contribution in [0.5, 0.6) is 0 Å². The molecule has 1 aliphatic heterocycles. The maximum absolute atomic E-state index is 12.4. The van der Waals surface area contributed by atoms with Gasteiger partial charge < -0.3 is 4.74 Å². The van der Waals surface area contributed by atoms with E-state index in [-0.39, 0.29) is 36.2 Å². The van der Waals surface area contributed by atoms with E-state index in [0.717, 1.165) is 22.3 Å². The van der Waals surface area contributed by atoms with Crippen LogP contribution in [0.15, 0.2) is 90.0 Å². The molecule has 1 heterocycles. The number of methoxy groups -OCH3 is 1. The van der Waals surface area contributed by atoms with Crippen molar-refractivity contribution in [3.63, 3.8) is 0 Å². The molecule has 3 aromatic rings. The molecule has 1 atom stereocenters. The summed E-state index contributed by atoms with van der Waals surface area (Å²) in [5.41, 5.74) is 2.30. The Bertz CT molecular complexity index is 1990. The molecule has 11 nitrogen and oxygen atoms in total. The smallest absolute Gasteiger partial charge is 0.305 e. The molecule has 3 aromatic carbocycles. The number of benzene rings is 3. The van der Waals surface area contributed by atoms with Crippen molar-refractivity contribution in [1.29, 1.82) is 0 Å². The zero-order valence-electron chi connectivity index (χ0n) is 27.2. The normalized spacial score (nSPS) is 16.6. The van der Waals surface area contributed by atoms with E-state index < -0.39 is 31.4 Å². The molecule has 48 heavy (non-hydrogen) atoms. The van der Waals surface area contributed by atoms with Gasteiger partial charge in [0.15, 0.2) is 5.71 Å². The molecule has 13 heteroatoms. The average Bonchev–Trinajstić information content (AvgIpc) is 3.26. The third kappa shape index (κ3) is 8.84. The summed E-state index contributed by atoms with van der Waals surface area (Å²) >= 11 is 0. The van der Waals surface area contributed by atoms with Gasteiger partial charge in [0, 0.05) is 49.4 Å². The first-order valence-electron chi connectivity index (χ1n) is 15.6. The maximum atomic E-state index is 12.4. The Morgan fingerprint density at radius 1 is 0.938 bits per heavy atom. The Balaban J connectivity index is 1.84. The highest BCUT2D eigenvalue weighted by atomic mass is 32.2. The first kappa shape index (κ1) is 36.7. The van der Waals surface area contributed by atoms with E-state index in [1.54, 1.807) is 24.4 Å². The van der Waals surface area contributed by atoms with E-state index in [4.69, 9.17) is 4.74 Å². The van der Waals surface area contributed by atoms with Crippen molar-refractivity contribution in [2.45, 2.75) is 62.7 Å². The summed E-state index contributed by atoms with van der Waals surface area (Å²) in [4.78, 5) is 25.4. The van der Waals surface area contributed by atoms with Gasteiger partial charge in [0.05, 0.1) is 23.2 Å². The molecule has 0 radical (unpaired) electrons. The van der Waals surface area contributed by atoms with Crippen molar-refractivity contribution >= 4 is 60.0 Å². The highest BCUT2D eigenvalue weighted by molar-refractivity contribution is 7.86. The van der Waals surface area contributed by atoms with Crippen LogP contribution in [0.2, 0.25) is 0 Å². The van der Waals surface area contributed by atoms with E-state index in [1.807, 2.05) is 60.0 Å². The van der Waals surface area contributed by atoms with Crippen molar-refractivity contribution in [2.24, 2.45) is 0 Å². The lowest BCUT2D eigenvalue weighted by molar-refractivity contribution is -0.437. The monoisotopic (exact) mass is 697 g/mol. The molecule has 0 fully saturated rings. The Hall–Kier alpha value is -4.17. The predicted octanol–water partition coefficient (Wildman–Crippen LogP) is 5.97. The van der Waals surface area contributed by atoms with Crippen LogP contribution in [0.3, 0.4) is 0 Å². The molecular formula is C35H41N2O9S2+. The van der Waals surface area contributed by atoms with E-state index in [1.165, 1.54) is 31.1 Å². The lowest BCUT2D eigenvalue weighted by Gasteiger charge is -2.24. The number of nitrogens with zero attached hydrogens (tertiary/aromatic N) is 2. The van der Waals surface area contributed by atoms with Gasteiger partial charge in [-0.1, -0.05) is 43.2 Å². The number of hydrogen-bond acceptors (Lipinski definition) is 7. The van der Waals surface area contributed by atoms with Crippen LogP contribution in [0, 0.1) is 0 Å². The summed E-state index contributed by atoms with van der Waals surface area (Å²) in [5.74, 6) is -0.930. The van der Waals surface area contributed by atoms with Crippen molar-refractivity contribution in [2.75, 3.05) is 24.3 Å². The first-order chi connectivity index (χ1) is 22.7. The van der Waals surface area contributed by atoms with Crippen molar-refractivity contribution in [3.05, 3.63) is 90.7 Å². The van der Waals surface area contributed by atoms with Gasteiger partial charge in [-0.15, -0.1) is 0 Å². The molecule has 0 aliphatic carbocycles. The number of ether oxygens (including phenoxy) is 1. The molecule has 0 saturated carbocycles. The van der Waals surface area contributed by atoms with Gasteiger partial charge in [-0.3, -0.25) is 23.6 Å². The van der Waals surface area contributed by atoms with Gasteiger partial charge in [-0.05, 0) is 66.9 Å². The quantitative estimate of drug-likeness (QED) is 0.0642. The molecule has 0 saturated heterocycles. The molecule has 0 spiro atoms. The second-order valence-electron chi connectivity index (χ2n) is 11.9. The van der Waals surface area contributed by atoms with Gasteiger partial charge in [-0.25, -0.2) is 0 Å². The van der Waals surface area contributed by atoms with Crippen LogP contribution in [-0.2, 0) is 40.0 Å². The summed E-state index contributed by atoms with van der Waals surface area (Å²) in [6.45, 7) is 3.72. The number of carbonyl (C=O) groups is 2. The fourth-order valence-electron chi connectivity index (χ4n) is 6.25. The number of esters is 1. The zero-order chi connectivity index (χ0) is 35.1. The van der Waals surface area contributed by atoms with Crippen LogP contribution in [0.25, 0.3) is 10.8 Å². The van der Waals surface area contributed by atoms with E-state index >= 15 is 0 Å². The largest absolute Gasteiger partial charge is 0.469 e. The number of para-hydroxylation sites is 1. The lowest BCUT2D eigenvalue weighted by atomic mass is 9.73. The highest BCUT2D eigenvalue weighted by Crippen LogP contribution is 2.47. The maximum Gasteiger partial charge on any atom is 0.305 e. The standard InChI is InChI=1S/C35H40N2O9S2/c1-26(38)36(28-13-6-4-7-14-28)22-11-9-15-32-35(2,21-10-5-8-16-33(39)46-3)34-30-25-29(48(43,44)45)19-17-27(30)18-20-31(34)37(32)23-12-24-47(40,41)42/h4,6-7,9,11,13-15,17-20,22,25H,5,8,10,12,16,21,23-24H2,1-3H3,(H-,40,41,42,43,44,45)/p+1. The Labute approximate surface area is 281 Å². The molecule has 2 N–H and O–H groups in total. The molecule has 4 rings (SSSR count). The van der Waals surface area contributed by atoms with Gasteiger partial charge in [-0.2, -0.15) is 21.4 Å². The second kappa shape index (κ2) is 15.4. The molecule has 1 amide bonds. The van der Waals surface area contributed by atoms with Gasteiger partial charge in [0.25, 0.3) is 20.2 Å². The van der Waals surface area contributed by atoms with Gasteiger partial charge >= 0.3 is 5.97 Å². The summed E-state index contributed by atoms with van der Waals surface area (Å²) < 4.78 is 73.8. The number of hydrogen-bond donors (Lipinski definition) is 2. The lowest BCUT2D eigenvalue weighted by Crippen LogP contribution is -2.32. The Kier molecular flexibility index (Phi) is 11.7. The van der Waals surface area contributed by atoms with Gasteiger partial charge in [0.2, 0.25) is 11.6 Å². The summed E-state index contributed by atoms with van der Waals surface area (Å²) in [6.07, 6.45) is 10.0. The summed E-state index contributed by atoms with van der Waals surface area (Å²) in [7, 11) is -7.39. The summed E-state index contributed by atoms with van der Waals surface area (Å²) in [5, 5.41) is 1.37. The Morgan fingerprint density at radius 2 is 1.65 bits per heavy atom.